The normalized spacial score (nSPS) is 12.0. The number of carbonyl (C=O) groups excluding carboxylic acids is 1. The van der Waals surface area contributed by atoms with Gasteiger partial charge < -0.3 is 20.1 Å². The first-order chi connectivity index (χ1) is 17.4. The third kappa shape index (κ3) is 3.88. The number of aryl methyl sites for hydroxylation is 1. The molecule has 0 saturated heterocycles. The van der Waals surface area contributed by atoms with Crippen LogP contribution < -0.4 is 9.30 Å². The average Bonchev–Trinajstić information content (AvgIpc) is 3.19. The minimum atomic E-state index is -1.14. The molecule has 3 N–H and O–H groups in total. The molecule has 0 aliphatic carbocycles. The predicted octanol–water partition coefficient (Wildman–Crippen LogP) is 4.12. The van der Waals surface area contributed by atoms with Crippen molar-refractivity contribution in [2.45, 2.75) is 12.5 Å². The summed E-state index contributed by atoms with van der Waals surface area (Å²) in [5.74, 6) is -2.94. The standard InChI is InChI=1S/C28H22N2O6/c1-29-22-13-6-5-10-19(22)25(28(35)36-17-8-3-2-4-9-17)20-12-7-11-18(26(20)29)21(27(33)34)16-30-23(31)14-15-24(30)32/h2-15,21H,16H2,1H3,(H2,33,34,35)/p+1. The third-order valence-electron chi connectivity index (χ3n) is 6.34. The Kier molecular flexibility index (Phi) is 5.77. The molecule has 0 spiro atoms. The Morgan fingerprint density at radius 2 is 1.50 bits per heavy atom. The van der Waals surface area contributed by atoms with Gasteiger partial charge in [0.1, 0.15) is 18.7 Å². The average molecular weight is 484 g/mol. The van der Waals surface area contributed by atoms with Crippen LogP contribution in [-0.2, 0) is 18.4 Å². The van der Waals surface area contributed by atoms with Crippen LogP contribution in [0, 0.1) is 0 Å². The molecule has 1 unspecified atom stereocenters. The van der Waals surface area contributed by atoms with E-state index in [4.69, 9.17) is 4.74 Å². The first-order valence-corrected chi connectivity index (χ1v) is 11.3. The Morgan fingerprint density at radius 3 is 2.19 bits per heavy atom. The van der Waals surface area contributed by atoms with E-state index < -0.39 is 17.9 Å². The molecule has 2 heterocycles. The third-order valence-corrected chi connectivity index (χ3v) is 6.34. The van der Waals surface area contributed by atoms with Gasteiger partial charge in [-0.2, -0.15) is 4.57 Å². The van der Waals surface area contributed by atoms with E-state index in [1.54, 1.807) is 42.5 Å². The molecular formula is C28H23N2O6+. The lowest BCUT2D eigenvalue weighted by atomic mass is 9.92. The van der Waals surface area contributed by atoms with Gasteiger partial charge in [-0.15, -0.1) is 0 Å². The van der Waals surface area contributed by atoms with Crippen LogP contribution in [0.4, 0.5) is 0 Å². The molecule has 0 radical (unpaired) electrons. The highest BCUT2D eigenvalue weighted by Gasteiger charge is 2.32. The zero-order valence-electron chi connectivity index (χ0n) is 19.3. The van der Waals surface area contributed by atoms with Gasteiger partial charge in [0.2, 0.25) is 11.0 Å². The molecule has 0 saturated carbocycles. The number of hydrogen-bond acceptors (Lipinski definition) is 5. The van der Waals surface area contributed by atoms with E-state index in [1.165, 1.54) is 12.1 Å². The van der Waals surface area contributed by atoms with Crippen LogP contribution in [0.3, 0.4) is 0 Å². The molecule has 180 valence electrons. The summed E-state index contributed by atoms with van der Waals surface area (Å²) >= 11 is 0. The maximum absolute atomic E-state index is 13.5. The molecule has 2 aromatic heterocycles. The van der Waals surface area contributed by atoms with Gasteiger partial charge in [0.15, 0.2) is 11.8 Å². The Bertz CT molecular complexity index is 1600. The number of ether oxygens (including phenoxy) is 1. The van der Waals surface area contributed by atoms with Gasteiger partial charge in [0, 0.05) is 30.3 Å². The Labute approximate surface area is 205 Å². The summed E-state index contributed by atoms with van der Waals surface area (Å²) in [6, 6.07) is 23.8. The highest BCUT2D eigenvalue weighted by atomic mass is 16.5. The van der Waals surface area contributed by atoms with E-state index in [2.05, 4.69) is 0 Å². The van der Waals surface area contributed by atoms with Gasteiger partial charge in [-0.3, -0.25) is 9.36 Å². The van der Waals surface area contributed by atoms with Crippen molar-refractivity contribution in [1.82, 2.24) is 4.57 Å². The Balaban J connectivity index is 1.76. The zero-order chi connectivity index (χ0) is 25.4. The number of aliphatic carboxylic acids is 1. The molecule has 0 amide bonds. The molecule has 3 aromatic carbocycles. The molecule has 0 aliphatic heterocycles. The van der Waals surface area contributed by atoms with Gasteiger partial charge in [0.05, 0.1) is 16.3 Å². The van der Waals surface area contributed by atoms with Gasteiger partial charge in [-0.25, -0.2) is 4.79 Å². The highest BCUT2D eigenvalue weighted by Crippen LogP contribution is 2.33. The number of fused-ring (bicyclic) bond motifs is 2. The van der Waals surface area contributed by atoms with Crippen LogP contribution in [0.25, 0.3) is 21.8 Å². The minimum Gasteiger partial charge on any atom is -0.494 e. The number of aromatic nitrogens is 2. The maximum Gasteiger partial charge on any atom is 0.345 e. The van der Waals surface area contributed by atoms with E-state index in [1.807, 2.05) is 41.9 Å². The fourth-order valence-corrected chi connectivity index (χ4v) is 4.65. The lowest BCUT2D eigenvalue weighted by Crippen LogP contribution is -2.34. The number of benzene rings is 3. The van der Waals surface area contributed by atoms with Crippen LogP contribution in [0.15, 0.2) is 84.9 Å². The van der Waals surface area contributed by atoms with E-state index in [9.17, 15) is 24.9 Å². The van der Waals surface area contributed by atoms with Crippen LogP contribution >= 0.6 is 0 Å². The molecule has 0 fully saturated rings. The van der Waals surface area contributed by atoms with Crippen molar-refractivity contribution < 1.29 is 34.2 Å². The fraction of sp³-hybridized carbons (Fsp3) is 0.107. The topological polar surface area (TPSA) is 113 Å². The second-order valence-corrected chi connectivity index (χ2v) is 8.45. The molecule has 1 atom stereocenters. The number of nitrogens with zero attached hydrogens (tertiary/aromatic N) is 2. The van der Waals surface area contributed by atoms with Crippen molar-refractivity contribution in [2.24, 2.45) is 7.05 Å². The SMILES string of the molecule is C[n+]1c2ccccc2c(C(=O)Oc2ccccc2)c2cccc(C(Cn3c(O)ccc3O)C(=O)O)c21. The highest BCUT2D eigenvalue weighted by molar-refractivity contribution is 6.14. The monoisotopic (exact) mass is 483 g/mol. The number of para-hydroxylation sites is 3. The Hall–Kier alpha value is -4.85. The number of hydrogen-bond donors (Lipinski definition) is 3. The molecule has 36 heavy (non-hydrogen) atoms. The van der Waals surface area contributed by atoms with Crippen molar-refractivity contribution in [3.8, 4) is 17.5 Å². The van der Waals surface area contributed by atoms with Crippen molar-refractivity contribution in [3.63, 3.8) is 0 Å². The Morgan fingerprint density at radius 1 is 0.861 bits per heavy atom. The number of carboxylic acids is 1. The number of carbonyl (C=O) groups is 2. The van der Waals surface area contributed by atoms with Crippen molar-refractivity contribution in [3.05, 3.63) is 96.1 Å². The molecule has 8 heteroatoms. The lowest BCUT2D eigenvalue weighted by Gasteiger charge is -2.17. The molecule has 5 aromatic rings. The largest absolute Gasteiger partial charge is 0.494 e. The fourth-order valence-electron chi connectivity index (χ4n) is 4.65. The number of aromatic hydroxyl groups is 2. The molecule has 8 nitrogen and oxygen atoms in total. The lowest BCUT2D eigenvalue weighted by molar-refractivity contribution is -0.618. The van der Waals surface area contributed by atoms with Crippen molar-refractivity contribution in [2.75, 3.05) is 0 Å². The van der Waals surface area contributed by atoms with Crippen LogP contribution in [0.1, 0.15) is 21.8 Å². The summed E-state index contributed by atoms with van der Waals surface area (Å²) in [5.41, 5.74) is 2.00. The van der Waals surface area contributed by atoms with Crippen molar-refractivity contribution >= 4 is 33.7 Å². The summed E-state index contributed by atoms with van der Waals surface area (Å²) in [6.07, 6.45) is 0. The quantitative estimate of drug-likeness (QED) is 0.145. The summed E-state index contributed by atoms with van der Waals surface area (Å²) < 4.78 is 8.67. The summed E-state index contributed by atoms with van der Waals surface area (Å²) in [7, 11) is 1.81. The molecule has 5 rings (SSSR count). The first-order valence-electron chi connectivity index (χ1n) is 11.3. The van der Waals surface area contributed by atoms with Crippen molar-refractivity contribution in [1.29, 1.82) is 0 Å². The van der Waals surface area contributed by atoms with Crippen LogP contribution in [0.5, 0.6) is 17.5 Å². The number of pyridine rings is 1. The van der Waals surface area contributed by atoms with Gasteiger partial charge in [-0.1, -0.05) is 42.5 Å². The minimum absolute atomic E-state index is 0.213. The summed E-state index contributed by atoms with van der Waals surface area (Å²) in [6.45, 7) is -0.213. The number of esters is 1. The zero-order valence-corrected chi connectivity index (χ0v) is 19.3. The molecule has 0 aliphatic rings. The van der Waals surface area contributed by atoms with Gasteiger partial charge >= 0.3 is 11.9 Å². The second kappa shape index (κ2) is 9.07. The summed E-state index contributed by atoms with van der Waals surface area (Å²) in [5, 5.41) is 31.6. The first kappa shape index (κ1) is 22.9. The van der Waals surface area contributed by atoms with Crippen LogP contribution in [-0.4, -0.2) is 31.8 Å². The van der Waals surface area contributed by atoms with Gasteiger partial charge in [0.25, 0.3) is 0 Å². The number of rotatable bonds is 6. The second-order valence-electron chi connectivity index (χ2n) is 8.45. The number of carboxylic acid groups (broad SMARTS) is 1. The van der Waals surface area contributed by atoms with E-state index in [0.717, 1.165) is 4.57 Å². The smallest absolute Gasteiger partial charge is 0.345 e. The van der Waals surface area contributed by atoms with E-state index in [0.29, 0.717) is 38.7 Å². The summed E-state index contributed by atoms with van der Waals surface area (Å²) in [4.78, 5) is 25.9. The van der Waals surface area contributed by atoms with E-state index in [-0.39, 0.29) is 18.3 Å². The predicted molar refractivity (Wildman–Crippen MR) is 132 cm³/mol. The van der Waals surface area contributed by atoms with E-state index >= 15 is 0 Å². The van der Waals surface area contributed by atoms with Gasteiger partial charge in [-0.05, 0) is 24.3 Å². The van der Waals surface area contributed by atoms with Crippen LogP contribution in [0.2, 0.25) is 0 Å². The molecular weight excluding hydrogens is 460 g/mol. The molecule has 0 bridgehead atoms. The maximum atomic E-state index is 13.5.